The molecule has 0 unspecified atom stereocenters. The third-order valence-corrected chi connectivity index (χ3v) is 4.18. The average molecular weight is 285 g/mol. The molecule has 0 fully saturated rings. The highest BCUT2D eigenvalue weighted by atomic mass is 15.3. The Morgan fingerprint density at radius 2 is 1.76 bits per heavy atom. The van der Waals surface area contributed by atoms with Crippen molar-refractivity contribution in [1.29, 1.82) is 0 Å². The summed E-state index contributed by atoms with van der Waals surface area (Å²) in [4.78, 5) is 0. The molecule has 1 aromatic carbocycles. The zero-order valence-corrected chi connectivity index (χ0v) is 13.7. The third-order valence-electron chi connectivity index (χ3n) is 4.18. The molecular weight excluding hydrogens is 258 g/mol. The minimum atomic E-state index is 0.866. The van der Waals surface area contributed by atoms with Crippen LogP contribution in [0, 0.1) is 20.8 Å². The predicted octanol–water partition coefficient (Wildman–Crippen LogP) is 3.40. The molecule has 1 N–H and O–H groups in total. The molecule has 114 valence electrons. The third kappa shape index (κ3) is 3.94. The smallest absolute Gasteiger partial charge is 0.0665 e. The van der Waals surface area contributed by atoms with Crippen molar-refractivity contribution >= 4 is 0 Å². The molecule has 0 saturated carbocycles. The van der Waals surface area contributed by atoms with Gasteiger partial charge in [-0.1, -0.05) is 31.2 Å². The molecule has 0 bridgehead atoms. The summed E-state index contributed by atoms with van der Waals surface area (Å²) in [6.07, 6.45) is 2.27. The molecule has 0 radical (unpaired) electrons. The van der Waals surface area contributed by atoms with Crippen LogP contribution in [-0.2, 0) is 13.0 Å². The number of benzene rings is 1. The topological polar surface area (TPSA) is 29.9 Å². The lowest BCUT2D eigenvalue weighted by molar-refractivity contribution is 0.642. The highest BCUT2D eigenvalue weighted by molar-refractivity contribution is 5.29. The Bertz CT molecular complexity index is 584. The monoisotopic (exact) mass is 285 g/mol. The van der Waals surface area contributed by atoms with Crippen molar-refractivity contribution < 1.29 is 0 Å². The highest BCUT2D eigenvalue weighted by Gasteiger charge is 2.09. The van der Waals surface area contributed by atoms with Gasteiger partial charge in [-0.15, -0.1) is 0 Å². The molecule has 0 saturated heterocycles. The number of hydrogen-bond donors (Lipinski definition) is 1. The molecule has 0 spiro atoms. The van der Waals surface area contributed by atoms with Crippen LogP contribution in [0.4, 0.5) is 0 Å². The Labute approximate surface area is 128 Å². The van der Waals surface area contributed by atoms with Gasteiger partial charge in [0.2, 0.25) is 0 Å². The van der Waals surface area contributed by atoms with E-state index in [2.05, 4.69) is 67.1 Å². The Balaban J connectivity index is 2.10. The first-order valence-electron chi connectivity index (χ1n) is 7.91. The summed E-state index contributed by atoms with van der Waals surface area (Å²) in [5.41, 5.74) is 6.51. The van der Waals surface area contributed by atoms with E-state index >= 15 is 0 Å². The molecule has 2 aromatic rings. The Hall–Kier alpha value is -1.61. The van der Waals surface area contributed by atoms with Gasteiger partial charge < -0.3 is 5.32 Å². The summed E-state index contributed by atoms with van der Waals surface area (Å²) in [7, 11) is 0. The van der Waals surface area contributed by atoms with Gasteiger partial charge in [0.15, 0.2) is 0 Å². The van der Waals surface area contributed by atoms with E-state index in [0.717, 1.165) is 31.7 Å². The van der Waals surface area contributed by atoms with Gasteiger partial charge in [0.1, 0.15) is 0 Å². The Morgan fingerprint density at radius 3 is 2.38 bits per heavy atom. The molecule has 0 atom stereocenters. The minimum Gasteiger partial charge on any atom is -0.316 e. The SMILES string of the molecule is CCCNCCc1ccccc1Cn1nc(C)c(C)c1C. The summed E-state index contributed by atoms with van der Waals surface area (Å²) in [5.74, 6) is 0. The average Bonchev–Trinajstić information content (AvgIpc) is 2.72. The fraction of sp³-hybridized carbons (Fsp3) is 0.500. The van der Waals surface area contributed by atoms with Gasteiger partial charge in [-0.3, -0.25) is 4.68 Å². The maximum absolute atomic E-state index is 4.66. The maximum atomic E-state index is 4.66. The lowest BCUT2D eigenvalue weighted by Crippen LogP contribution is -2.18. The molecule has 3 heteroatoms. The van der Waals surface area contributed by atoms with Crippen LogP contribution in [-0.4, -0.2) is 22.9 Å². The van der Waals surface area contributed by atoms with Crippen LogP contribution in [0.1, 0.15) is 41.4 Å². The van der Waals surface area contributed by atoms with Crippen molar-refractivity contribution in [1.82, 2.24) is 15.1 Å². The van der Waals surface area contributed by atoms with Crippen LogP contribution in [0.15, 0.2) is 24.3 Å². The van der Waals surface area contributed by atoms with E-state index in [9.17, 15) is 0 Å². The summed E-state index contributed by atoms with van der Waals surface area (Å²) in [6.45, 7) is 11.6. The van der Waals surface area contributed by atoms with E-state index in [4.69, 9.17) is 0 Å². The molecule has 0 aliphatic rings. The number of rotatable bonds is 7. The van der Waals surface area contributed by atoms with E-state index in [1.54, 1.807) is 0 Å². The van der Waals surface area contributed by atoms with Gasteiger partial charge >= 0.3 is 0 Å². The Morgan fingerprint density at radius 1 is 1.05 bits per heavy atom. The number of aryl methyl sites for hydroxylation is 1. The molecule has 2 rings (SSSR count). The van der Waals surface area contributed by atoms with Crippen LogP contribution in [0.25, 0.3) is 0 Å². The van der Waals surface area contributed by atoms with Crippen LogP contribution < -0.4 is 5.32 Å². The Kier molecular flexibility index (Phi) is 5.57. The number of nitrogens with zero attached hydrogens (tertiary/aromatic N) is 2. The van der Waals surface area contributed by atoms with Gasteiger partial charge in [0.05, 0.1) is 12.2 Å². The first kappa shape index (κ1) is 15.8. The van der Waals surface area contributed by atoms with Crippen molar-refractivity contribution in [3.05, 3.63) is 52.3 Å². The molecule has 1 aromatic heterocycles. The number of hydrogen-bond acceptors (Lipinski definition) is 2. The quantitative estimate of drug-likeness (QED) is 0.790. The standard InChI is InChI=1S/C18H27N3/c1-5-11-19-12-10-17-8-6-7-9-18(17)13-21-16(4)14(2)15(3)20-21/h6-9,19H,5,10-13H2,1-4H3. The van der Waals surface area contributed by atoms with Gasteiger partial charge in [-0.05, 0) is 63.4 Å². The largest absolute Gasteiger partial charge is 0.316 e. The van der Waals surface area contributed by atoms with Crippen molar-refractivity contribution in [2.75, 3.05) is 13.1 Å². The van der Waals surface area contributed by atoms with Crippen molar-refractivity contribution in [3.8, 4) is 0 Å². The van der Waals surface area contributed by atoms with E-state index in [-0.39, 0.29) is 0 Å². The fourth-order valence-electron chi connectivity index (χ4n) is 2.58. The van der Waals surface area contributed by atoms with Gasteiger partial charge in [-0.2, -0.15) is 5.10 Å². The molecule has 0 amide bonds. The molecule has 0 aliphatic carbocycles. The van der Waals surface area contributed by atoms with E-state index in [1.165, 1.54) is 28.8 Å². The first-order valence-corrected chi connectivity index (χ1v) is 7.91. The lowest BCUT2D eigenvalue weighted by Gasteiger charge is -2.11. The summed E-state index contributed by atoms with van der Waals surface area (Å²) in [6, 6.07) is 8.71. The summed E-state index contributed by atoms with van der Waals surface area (Å²) in [5, 5.41) is 8.13. The second-order valence-corrected chi connectivity index (χ2v) is 5.72. The van der Waals surface area contributed by atoms with Crippen molar-refractivity contribution in [3.63, 3.8) is 0 Å². The summed E-state index contributed by atoms with van der Waals surface area (Å²) >= 11 is 0. The van der Waals surface area contributed by atoms with Gasteiger partial charge in [0.25, 0.3) is 0 Å². The van der Waals surface area contributed by atoms with E-state index in [1.807, 2.05) is 0 Å². The van der Waals surface area contributed by atoms with Gasteiger partial charge in [0, 0.05) is 5.69 Å². The minimum absolute atomic E-state index is 0.866. The zero-order chi connectivity index (χ0) is 15.2. The van der Waals surface area contributed by atoms with E-state index in [0.29, 0.717) is 0 Å². The van der Waals surface area contributed by atoms with E-state index < -0.39 is 0 Å². The van der Waals surface area contributed by atoms with Crippen LogP contribution in [0.2, 0.25) is 0 Å². The zero-order valence-electron chi connectivity index (χ0n) is 13.7. The predicted molar refractivity (Wildman–Crippen MR) is 88.8 cm³/mol. The lowest BCUT2D eigenvalue weighted by atomic mass is 10.0. The van der Waals surface area contributed by atoms with Crippen LogP contribution in [0.5, 0.6) is 0 Å². The van der Waals surface area contributed by atoms with Crippen molar-refractivity contribution in [2.24, 2.45) is 0 Å². The normalized spacial score (nSPS) is 11.0. The molecule has 3 nitrogen and oxygen atoms in total. The molecule has 1 heterocycles. The number of aromatic nitrogens is 2. The van der Waals surface area contributed by atoms with Crippen LogP contribution >= 0.6 is 0 Å². The molecule has 0 aliphatic heterocycles. The maximum Gasteiger partial charge on any atom is 0.0665 e. The van der Waals surface area contributed by atoms with Crippen LogP contribution in [0.3, 0.4) is 0 Å². The highest BCUT2D eigenvalue weighted by Crippen LogP contribution is 2.16. The number of nitrogens with one attached hydrogen (secondary N) is 1. The second kappa shape index (κ2) is 7.41. The summed E-state index contributed by atoms with van der Waals surface area (Å²) < 4.78 is 2.13. The van der Waals surface area contributed by atoms with Crippen molar-refractivity contribution in [2.45, 2.75) is 47.1 Å². The molecule has 21 heavy (non-hydrogen) atoms. The second-order valence-electron chi connectivity index (χ2n) is 5.72. The molecular formula is C18H27N3. The first-order chi connectivity index (χ1) is 10.1. The van der Waals surface area contributed by atoms with Gasteiger partial charge in [-0.25, -0.2) is 0 Å². The fourth-order valence-corrected chi connectivity index (χ4v) is 2.58.